The minimum atomic E-state index is -0.00282. The van der Waals surface area contributed by atoms with Crippen LogP contribution >= 0.6 is 0 Å². The Balaban J connectivity index is 1.81. The van der Waals surface area contributed by atoms with Crippen LogP contribution in [-0.2, 0) is 4.74 Å². The number of carbonyl (C=O) groups excluding carboxylic acids is 1. The molecule has 4 nitrogen and oxygen atoms in total. The third kappa shape index (κ3) is 4.74. The highest BCUT2D eigenvalue weighted by atomic mass is 16.5. The molecular formula is C17H26N2O2. The van der Waals surface area contributed by atoms with Crippen LogP contribution in [0.25, 0.3) is 0 Å². The molecule has 1 aromatic carbocycles. The van der Waals surface area contributed by atoms with Crippen LogP contribution in [0.2, 0.25) is 0 Å². The molecule has 0 saturated carbocycles. The van der Waals surface area contributed by atoms with E-state index in [1.165, 1.54) is 12.8 Å². The number of amides is 1. The average Bonchev–Trinajstić information content (AvgIpc) is 2.50. The van der Waals surface area contributed by atoms with Gasteiger partial charge in [0, 0.05) is 30.9 Å². The monoisotopic (exact) mass is 290 g/mol. The Bertz CT molecular complexity index is 468. The van der Waals surface area contributed by atoms with Crippen molar-refractivity contribution in [1.82, 2.24) is 5.32 Å². The zero-order chi connectivity index (χ0) is 15.1. The van der Waals surface area contributed by atoms with Gasteiger partial charge in [-0.1, -0.05) is 0 Å². The number of benzene rings is 1. The molecule has 2 rings (SSSR count). The molecule has 1 aliphatic heterocycles. The molecule has 1 saturated heterocycles. The molecule has 2 N–H and O–H groups in total. The Labute approximate surface area is 127 Å². The minimum Gasteiger partial charge on any atom is -0.385 e. The first-order valence-electron chi connectivity index (χ1n) is 7.95. The molecule has 21 heavy (non-hydrogen) atoms. The number of rotatable bonds is 6. The molecule has 0 bridgehead atoms. The smallest absolute Gasteiger partial charge is 0.251 e. The summed E-state index contributed by atoms with van der Waals surface area (Å²) in [7, 11) is 0. The summed E-state index contributed by atoms with van der Waals surface area (Å²) in [4.78, 5) is 12.1. The molecule has 4 heteroatoms. The van der Waals surface area contributed by atoms with Gasteiger partial charge in [0.1, 0.15) is 0 Å². The van der Waals surface area contributed by atoms with Gasteiger partial charge < -0.3 is 15.4 Å². The van der Waals surface area contributed by atoms with Crippen molar-refractivity contribution in [3.05, 3.63) is 29.3 Å². The van der Waals surface area contributed by atoms with Crippen molar-refractivity contribution in [2.75, 3.05) is 25.0 Å². The van der Waals surface area contributed by atoms with Crippen molar-refractivity contribution in [2.24, 2.45) is 0 Å². The topological polar surface area (TPSA) is 50.4 Å². The average molecular weight is 290 g/mol. The van der Waals surface area contributed by atoms with Gasteiger partial charge in [0.05, 0.1) is 6.10 Å². The highest BCUT2D eigenvalue weighted by Crippen LogP contribution is 2.17. The van der Waals surface area contributed by atoms with Gasteiger partial charge in [0.2, 0.25) is 0 Å². The Morgan fingerprint density at radius 1 is 1.38 bits per heavy atom. The lowest BCUT2D eigenvalue weighted by Gasteiger charge is -2.22. The third-order valence-corrected chi connectivity index (χ3v) is 3.88. The predicted octanol–water partition coefficient (Wildman–Crippen LogP) is 3.12. The van der Waals surface area contributed by atoms with Crippen molar-refractivity contribution in [3.63, 3.8) is 0 Å². The fourth-order valence-electron chi connectivity index (χ4n) is 2.68. The van der Waals surface area contributed by atoms with E-state index in [1.807, 2.05) is 25.1 Å². The van der Waals surface area contributed by atoms with Crippen LogP contribution in [0.4, 0.5) is 5.69 Å². The SMILES string of the molecule is CCNc1ccc(C(=O)NCCC2CCCCO2)cc1C. The highest BCUT2D eigenvalue weighted by molar-refractivity contribution is 5.94. The first-order chi connectivity index (χ1) is 10.2. The zero-order valence-electron chi connectivity index (χ0n) is 13.1. The molecule has 0 aliphatic carbocycles. The summed E-state index contributed by atoms with van der Waals surface area (Å²) >= 11 is 0. The fraction of sp³-hybridized carbons (Fsp3) is 0.588. The number of hydrogen-bond donors (Lipinski definition) is 2. The van der Waals surface area contributed by atoms with Crippen LogP contribution in [-0.4, -0.2) is 31.7 Å². The maximum atomic E-state index is 12.1. The highest BCUT2D eigenvalue weighted by Gasteiger charge is 2.14. The van der Waals surface area contributed by atoms with E-state index in [4.69, 9.17) is 4.74 Å². The van der Waals surface area contributed by atoms with Crippen LogP contribution in [0.5, 0.6) is 0 Å². The minimum absolute atomic E-state index is 0.00282. The molecule has 1 atom stereocenters. The van der Waals surface area contributed by atoms with Crippen molar-refractivity contribution in [1.29, 1.82) is 0 Å². The van der Waals surface area contributed by atoms with Crippen LogP contribution in [0, 0.1) is 6.92 Å². The molecule has 1 unspecified atom stereocenters. The largest absolute Gasteiger partial charge is 0.385 e. The van der Waals surface area contributed by atoms with E-state index in [0.29, 0.717) is 12.6 Å². The number of nitrogens with one attached hydrogen (secondary N) is 2. The fourth-order valence-corrected chi connectivity index (χ4v) is 2.68. The zero-order valence-corrected chi connectivity index (χ0v) is 13.1. The van der Waals surface area contributed by atoms with Crippen LogP contribution in [0.1, 0.15) is 48.5 Å². The predicted molar refractivity (Wildman–Crippen MR) is 85.9 cm³/mol. The van der Waals surface area contributed by atoms with E-state index in [1.54, 1.807) is 0 Å². The number of ether oxygens (including phenoxy) is 1. The van der Waals surface area contributed by atoms with Gasteiger partial charge in [-0.2, -0.15) is 0 Å². The lowest BCUT2D eigenvalue weighted by atomic mass is 10.1. The maximum Gasteiger partial charge on any atom is 0.251 e. The summed E-state index contributed by atoms with van der Waals surface area (Å²) in [5.74, 6) is -0.00282. The Morgan fingerprint density at radius 2 is 2.24 bits per heavy atom. The molecular weight excluding hydrogens is 264 g/mol. The quantitative estimate of drug-likeness (QED) is 0.846. The van der Waals surface area contributed by atoms with Gasteiger partial charge in [-0.25, -0.2) is 0 Å². The third-order valence-electron chi connectivity index (χ3n) is 3.88. The number of hydrogen-bond acceptors (Lipinski definition) is 3. The molecule has 1 amide bonds. The van der Waals surface area contributed by atoms with E-state index in [-0.39, 0.29) is 5.91 Å². The Kier molecular flexibility index (Phi) is 6.05. The van der Waals surface area contributed by atoms with E-state index in [9.17, 15) is 4.79 Å². The molecule has 1 aliphatic rings. The number of anilines is 1. The second-order valence-electron chi connectivity index (χ2n) is 5.59. The second kappa shape index (κ2) is 8.03. The number of aryl methyl sites for hydroxylation is 1. The summed E-state index contributed by atoms with van der Waals surface area (Å²) < 4.78 is 5.67. The van der Waals surface area contributed by atoms with Crippen molar-refractivity contribution in [2.45, 2.75) is 45.6 Å². The molecule has 0 spiro atoms. The summed E-state index contributed by atoms with van der Waals surface area (Å²) in [5.41, 5.74) is 2.91. The van der Waals surface area contributed by atoms with Gasteiger partial charge >= 0.3 is 0 Å². The van der Waals surface area contributed by atoms with Gasteiger partial charge in [-0.3, -0.25) is 4.79 Å². The summed E-state index contributed by atoms with van der Waals surface area (Å²) in [6, 6.07) is 5.78. The standard InChI is InChI=1S/C17H26N2O2/c1-3-18-16-8-7-14(12-13(16)2)17(20)19-10-9-15-6-4-5-11-21-15/h7-8,12,15,18H,3-6,9-11H2,1-2H3,(H,19,20). The van der Waals surface area contributed by atoms with Gasteiger partial charge in [-0.05, 0) is 63.3 Å². The second-order valence-corrected chi connectivity index (χ2v) is 5.59. The van der Waals surface area contributed by atoms with Crippen LogP contribution in [0.3, 0.4) is 0 Å². The van der Waals surface area contributed by atoms with Crippen molar-refractivity contribution >= 4 is 11.6 Å². The van der Waals surface area contributed by atoms with E-state index in [0.717, 1.165) is 42.8 Å². The normalized spacial score (nSPS) is 18.3. The van der Waals surface area contributed by atoms with Crippen LogP contribution in [0.15, 0.2) is 18.2 Å². The number of carbonyl (C=O) groups is 1. The van der Waals surface area contributed by atoms with Crippen molar-refractivity contribution in [3.8, 4) is 0 Å². The van der Waals surface area contributed by atoms with Crippen molar-refractivity contribution < 1.29 is 9.53 Å². The van der Waals surface area contributed by atoms with E-state index < -0.39 is 0 Å². The summed E-state index contributed by atoms with van der Waals surface area (Å²) in [5, 5.41) is 6.27. The molecule has 1 aromatic rings. The van der Waals surface area contributed by atoms with Gasteiger partial charge in [0.15, 0.2) is 0 Å². The first-order valence-corrected chi connectivity index (χ1v) is 7.95. The van der Waals surface area contributed by atoms with Crippen LogP contribution < -0.4 is 10.6 Å². The summed E-state index contributed by atoms with van der Waals surface area (Å²) in [6.45, 7) is 6.51. The van der Waals surface area contributed by atoms with E-state index in [2.05, 4.69) is 17.6 Å². The molecule has 0 aromatic heterocycles. The Morgan fingerprint density at radius 3 is 2.90 bits per heavy atom. The van der Waals surface area contributed by atoms with Gasteiger partial charge in [0.25, 0.3) is 5.91 Å². The summed E-state index contributed by atoms with van der Waals surface area (Å²) in [6.07, 6.45) is 4.74. The molecule has 0 radical (unpaired) electrons. The first kappa shape index (κ1) is 15.8. The Hall–Kier alpha value is -1.55. The lowest BCUT2D eigenvalue weighted by Crippen LogP contribution is -2.29. The molecule has 1 fully saturated rings. The lowest BCUT2D eigenvalue weighted by molar-refractivity contribution is 0.0117. The maximum absolute atomic E-state index is 12.1. The molecule has 116 valence electrons. The van der Waals surface area contributed by atoms with E-state index >= 15 is 0 Å². The van der Waals surface area contributed by atoms with Gasteiger partial charge in [-0.15, -0.1) is 0 Å². The molecule has 1 heterocycles.